The van der Waals surface area contributed by atoms with E-state index in [-0.39, 0.29) is 5.82 Å². The molecule has 3 rings (SSSR count). The number of aromatic nitrogens is 1. The van der Waals surface area contributed by atoms with Crippen molar-refractivity contribution >= 4 is 10.8 Å². The molecule has 0 saturated heterocycles. The molecule has 0 bridgehead atoms. The van der Waals surface area contributed by atoms with Crippen molar-refractivity contribution in [3.05, 3.63) is 66.2 Å². The van der Waals surface area contributed by atoms with Crippen LogP contribution in [0.25, 0.3) is 21.9 Å². The van der Waals surface area contributed by atoms with Crippen LogP contribution in [-0.2, 0) is 6.54 Å². The molecule has 0 aliphatic rings. The Morgan fingerprint density at radius 2 is 2.00 bits per heavy atom. The molecular weight excluding hydrogens is 251 g/mol. The van der Waals surface area contributed by atoms with Crippen LogP contribution < -0.4 is 5.32 Å². The molecular formula is C17H15FN2. The SMILES string of the molecule is CNCc1cc(F)ccc1-c1cccc2cnccc12. The first-order chi connectivity index (χ1) is 9.79. The van der Waals surface area contributed by atoms with Crippen LogP contribution in [0.5, 0.6) is 0 Å². The van der Waals surface area contributed by atoms with Gasteiger partial charge in [0, 0.05) is 24.3 Å². The highest BCUT2D eigenvalue weighted by Crippen LogP contribution is 2.31. The predicted molar refractivity (Wildman–Crippen MR) is 79.9 cm³/mol. The minimum absolute atomic E-state index is 0.207. The lowest BCUT2D eigenvalue weighted by Crippen LogP contribution is -2.06. The third-order valence-corrected chi connectivity index (χ3v) is 3.41. The lowest BCUT2D eigenvalue weighted by atomic mass is 9.95. The maximum atomic E-state index is 13.5. The third-order valence-electron chi connectivity index (χ3n) is 3.41. The summed E-state index contributed by atoms with van der Waals surface area (Å²) in [5.41, 5.74) is 3.12. The Morgan fingerprint density at radius 1 is 1.10 bits per heavy atom. The number of nitrogens with zero attached hydrogens (tertiary/aromatic N) is 1. The number of benzene rings is 2. The molecule has 0 amide bonds. The summed E-state index contributed by atoms with van der Waals surface area (Å²) >= 11 is 0. The van der Waals surface area contributed by atoms with Gasteiger partial charge in [0.05, 0.1) is 0 Å². The average molecular weight is 266 g/mol. The molecule has 20 heavy (non-hydrogen) atoms. The molecule has 0 fully saturated rings. The zero-order chi connectivity index (χ0) is 13.9. The van der Waals surface area contributed by atoms with Gasteiger partial charge in [0.15, 0.2) is 0 Å². The molecule has 0 spiro atoms. The van der Waals surface area contributed by atoms with Crippen LogP contribution in [0.2, 0.25) is 0 Å². The van der Waals surface area contributed by atoms with Crippen molar-refractivity contribution in [1.29, 1.82) is 0 Å². The highest BCUT2D eigenvalue weighted by atomic mass is 19.1. The normalized spacial score (nSPS) is 10.9. The summed E-state index contributed by atoms with van der Waals surface area (Å²) in [5.74, 6) is -0.207. The van der Waals surface area contributed by atoms with Gasteiger partial charge in [-0.2, -0.15) is 0 Å². The van der Waals surface area contributed by atoms with E-state index in [1.165, 1.54) is 6.07 Å². The van der Waals surface area contributed by atoms with Gasteiger partial charge in [-0.1, -0.05) is 24.3 Å². The molecule has 100 valence electrons. The third kappa shape index (κ3) is 2.28. The van der Waals surface area contributed by atoms with Crippen LogP contribution in [0.15, 0.2) is 54.9 Å². The van der Waals surface area contributed by atoms with Gasteiger partial charge in [-0.15, -0.1) is 0 Å². The summed E-state index contributed by atoms with van der Waals surface area (Å²) in [6, 6.07) is 13.0. The predicted octanol–water partition coefficient (Wildman–Crippen LogP) is 3.76. The second-order valence-corrected chi connectivity index (χ2v) is 4.73. The fourth-order valence-electron chi connectivity index (χ4n) is 2.52. The number of hydrogen-bond donors (Lipinski definition) is 1. The Labute approximate surface area is 117 Å². The minimum Gasteiger partial charge on any atom is -0.316 e. The topological polar surface area (TPSA) is 24.9 Å². The van der Waals surface area contributed by atoms with Crippen LogP contribution in [0.1, 0.15) is 5.56 Å². The van der Waals surface area contributed by atoms with E-state index in [0.29, 0.717) is 6.54 Å². The number of hydrogen-bond acceptors (Lipinski definition) is 2. The lowest BCUT2D eigenvalue weighted by molar-refractivity contribution is 0.624. The Hall–Kier alpha value is -2.26. The first-order valence-electron chi connectivity index (χ1n) is 6.56. The highest BCUT2D eigenvalue weighted by molar-refractivity contribution is 5.96. The van der Waals surface area contributed by atoms with Crippen LogP contribution in [0.3, 0.4) is 0 Å². The van der Waals surface area contributed by atoms with Gasteiger partial charge >= 0.3 is 0 Å². The van der Waals surface area contributed by atoms with E-state index in [2.05, 4.69) is 16.4 Å². The molecule has 0 atom stereocenters. The van der Waals surface area contributed by atoms with E-state index in [9.17, 15) is 4.39 Å². The van der Waals surface area contributed by atoms with E-state index < -0.39 is 0 Å². The van der Waals surface area contributed by atoms with Crippen molar-refractivity contribution in [2.75, 3.05) is 7.05 Å². The van der Waals surface area contributed by atoms with E-state index in [0.717, 1.165) is 27.5 Å². The lowest BCUT2D eigenvalue weighted by Gasteiger charge is -2.12. The molecule has 0 unspecified atom stereocenters. The first-order valence-corrected chi connectivity index (χ1v) is 6.56. The molecule has 0 aliphatic heterocycles. The monoisotopic (exact) mass is 266 g/mol. The zero-order valence-electron chi connectivity index (χ0n) is 11.2. The van der Waals surface area contributed by atoms with Crippen molar-refractivity contribution in [2.24, 2.45) is 0 Å². The smallest absolute Gasteiger partial charge is 0.123 e. The summed E-state index contributed by atoms with van der Waals surface area (Å²) in [6.07, 6.45) is 3.63. The number of rotatable bonds is 3. The summed E-state index contributed by atoms with van der Waals surface area (Å²) in [4.78, 5) is 4.15. The largest absolute Gasteiger partial charge is 0.316 e. The van der Waals surface area contributed by atoms with Crippen molar-refractivity contribution in [3.8, 4) is 11.1 Å². The van der Waals surface area contributed by atoms with Gasteiger partial charge in [-0.3, -0.25) is 4.98 Å². The number of fused-ring (bicyclic) bond motifs is 1. The van der Waals surface area contributed by atoms with Crippen molar-refractivity contribution in [1.82, 2.24) is 10.3 Å². The van der Waals surface area contributed by atoms with Gasteiger partial charge in [-0.25, -0.2) is 4.39 Å². The maximum Gasteiger partial charge on any atom is 0.123 e. The molecule has 1 aromatic heterocycles. The van der Waals surface area contributed by atoms with Gasteiger partial charge in [-0.05, 0) is 47.3 Å². The van der Waals surface area contributed by atoms with Crippen LogP contribution in [0.4, 0.5) is 4.39 Å². The molecule has 3 aromatic rings. The molecule has 1 heterocycles. The molecule has 1 N–H and O–H groups in total. The second-order valence-electron chi connectivity index (χ2n) is 4.73. The fourth-order valence-corrected chi connectivity index (χ4v) is 2.52. The average Bonchev–Trinajstić information content (AvgIpc) is 2.47. The zero-order valence-corrected chi connectivity index (χ0v) is 11.2. The molecule has 0 saturated carbocycles. The van der Waals surface area contributed by atoms with E-state index >= 15 is 0 Å². The van der Waals surface area contributed by atoms with Gasteiger partial charge < -0.3 is 5.32 Å². The number of nitrogens with one attached hydrogen (secondary N) is 1. The Morgan fingerprint density at radius 3 is 2.85 bits per heavy atom. The summed E-state index contributed by atoms with van der Waals surface area (Å²) in [7, 11) is 1.86. The van der Waals surface area contributed by atoms with Crippen LogP contribution >= 0.6 is 0 Å². The molecule has 0 aliphatic carbocycles. The van der Waals surface area contributed by atoms with Gasteiger partial charge in [0.1, 0.15) is 5.82 Å². The summed E-state index contributed by atoms with van der Waals surface area (Å²) < 4.78 is 13.5. The van der Waals surface area contributed by atoms with Crippen LogP contribution in [0, 0.1) is 5.82 Å². The fraction of sp³-hybridized carbons (Fsp3) is 0.118. The Balaban J connectivity index is 2.25. The Bertz CT molecular complexity index is 748. The molecule has 2 aromatic carbocycles. The summed E-state index contributed by atoms with van der Waals surface area (Å²) in [5, 5.41) is 5.31. The molecule has 3 heteroatoms. The number of halogens is 1. The summed E-state index contributed by atoms with van der Waals surface area (Å²) in [6.45, 7) is 0.633. The quantitative estimate of drug-likeness (QED) is 0.780. The molecule has 2 nitrogen and oxygen atoms in total. The van der Waals surface area contributed by atoms with Crippen molar-refractivity contribution < 1.29 is 4.39 Å². The Kier molecular flexibility index (Phi) is 3.44. The van der Waals surface area contributed by atoms with Crippen molar-refractivity contribution in [3.63, 3.8) is 0 Å². The van der Waals surface area contributed by atoms with Crippen molar-refractivity contribution in [2.45, 2.75) is 6.54 Å². The molecule has 0 radical (unpaired) electrons. The maximum absolute atomic E-state index is 13.5. The van der Waals surface area contributed by atoms with Gasteiger partial charge in [0.25, 0.3) is 0 Å². The first kappa shape index (κ1) is 12.8. The van der Waals surface area contributed by atoms with E-state index in [1.54, 1.807) is 12.3 Å². The van der Waals surface area contributed by atoms with E-state index in [1.807, 2.05) is 37.5 Å². The van der Waals surface area contributed by atoms with Gasteiger partial charge in [0.2, 0.25) is 0 Å². The second kappa shape index (κ2) is 5.39. The standard InChI is InChI=1S/C17H15FN2/c1-19-10-13-9-14(18)5-6-15(13)17-4-2-3-12-11-20-8-7-16(12)17/h2-9,11,19H,10H2,1H3. The van der Waals surface area contributed by atoms with Crippen LogP contribution in [-0.4, -0.2) is 12.0 Å². The minimum atomic E-state index is -0.207. The highest BCUT2D eigenvalue weighted by Gasteiger charge is 2.09. The van der Waals surface area contributed by atoms with E-state index in [4.69, 9.17) is 0 Å². The number of pyridine rings is 1.